The van der Waals surface area contributed by atoms with Crippen molar-refractivity contribution in [3.8, 4) is 11.5 Å². The first-order valence-corrected chi connectivity index (χ1v) is 12.0. The summed E-state index contributed by atoms with van der Waals surface area (Å²) in [5.74, 6) is 0.148. The van der Waals surface area contributed by atoms with Gasteiger partial charge in [-0.1, -0.05) is 0 Å². The predicted octanol–water partition coefficient (Wildman–Crippen LogP) is 3.60. The Kier molecular flexibility index (Phi) is 6.60. The Balaban J connectivity index is 1.89. The molecule has 8 heteroatoms. The third-order valence-corrected chi connectivity index (χ3v) is 7.07. The summed E-state index contributed by atoms with van der Waals surface area (Å²) >= 11 is 2.13. The fraction of sp³-hybridized carbons (Fsp3) is 0.458. The highest BCUT2D eigenvalue weighted by molar-refractivity contribution is 14.1. The van der Waals surface area contributed by atoms with Gasteiger partial charge in [-0.2, -0.15) is 0 Å². The number of allylic oxidation sites excluding steroid dienone is 4. The van der Waals surface area contributed by atoms with Gasteiger partial charge < -0.3 is 20.1 Å². The minimum Gasteiger partial charge on any atom is -0.490 e. The van der Waals surface area contributed by atoms with Crippen LogP contribution < -0.4 is 15.2 Å². The van der Waals surface area contributed by atoms with Crippen LogP contribution in [0.3, 0.4) is 0 Å². The molecule has 1 aromatic carbocycles. The number of ether oxygens (including phenoxy) is 2. The van der Waals surface area contributed by atoms with Crippen molar-refractivity contribution in [2.75, 3.05) is 20.3 Å². The fourth-order valence-corrected chi connectivity index (χ4v) is 5.77. The van der Waals surface area contributed by atoms with E-state index in [0.717, 1.165) is 57.4 Å². The molecule has 1 aliphatic heterocycles. The van der Waals surface area contributed by atoms with Gasteiger partial charge in [0.2, 0.25) is 0 Å². The Morgan fingerprint density at radius 1 is 1.06 bits per heavy atom. The second-order valence-electron chi connectivity index (χ2n) is 8.28. The fourth-order valence-electron chi connectivity index (χ4n) is 4.99. The molecule has 4 rings (SSSR count). The van der Waals surface area contributed by atoms with Crippen molar-refractivity contribution in [1.29, 1.82) is 0 Å². The number of carbonyl (C=O) groups excluding carboxylic acids is 3. The summed E-state index contributed by atoms with van der Waals surface area (Å²) < 4.78 is 12.2. The molecule has 2 N–H and O–H groups in total. The van der Waals surface area contributed by atoms with Crippen molar-refractivity contribution in [1.82, 2.24) is 4.90 Å². The van der Waals surface area contributed by atoms with Crippen molar-refractivity contribution < 1.29 is 23.9 Å². The molecule has 0 atom stereocenters. The number of amides is 1. The van der Waals surface area contributed by atoms with Crippen LogP contribution in [0.2, 0.25) is 0 Å². The molecule has 2 aliphatic carbocycles. The van der Waals surface area contributed by atoms with Crippen LogP contribution >= 0.6 is 22.6 Å². The zero-order chi connectivity index (χ0) is 23.0. The maximum Gasteiger partial charge on any atom is 0.255 e. The smallest absolute Gasteiger partial charge is 0.255 e. The summed E-state index contributed by atoms with van der Waals surface area (Å²) in [5.41, 5.74) is 9.61. The third kappa shape index (κ3) is 4.04. The third-order valence-electron chi connectivity index (χ3n) is 6.27. The number of nitrogens with zero attached hydrogens (tertiary/aromatic N) is 1. The molecule has 170 valence electrons. The van der Waals surface area contributed by atoms with Gasteiger partial charge in [0.1, 0.15) is 0 Å². The van der Waals surface area contributed by atoms with Gasteiger partial charge in [-0.25, -0.2) is 0 Å². The lowest BCUT2D eigenvalue weighted by molar-refractivity contribution is -0.120. The van der Waals surface area contributed by atoms with Gasteiger partial charge in [-0.3, -0.25) is 14.4 Å². The van der Waals surface area contributed by atoms with Gasteiger partial charge in [0, 0.05) is 48.3 Å². The maximum absolute atomic E-state index is 13.2. The normalized spacial score (nSPS) is 19.2. The van der Waals surface area contributed by atoms with Crippen LogP contribution in [0.25, 0.3) is 0 Å². The lowest BCUT2D eigenvalue weighted by Crippen LogP contribution is -2.37. The summed E-state index contributed by atoms with van der Waals surface area (Å²) in [4.78, 5) is 39.6. The van der Waals surface area contributed by atoms with Gasteiger partial charge in [0.25, 0.3) is 5.91 Å². The van der Waals surface area contributed by atoms with E-state index in [1.165, 1.54) is 0 Å². The number of benzene rings is 1. The molecule has 7 nitrogen and oxygen atoms in total. The van der Waals surface area contributed by atoms with E-state index in [1.807, 2.05) is 26.1 Å². The molecule has 0 fully saturated rings. The molecule has 0 bridgehead atoms. The Morgan fingerprint density at radius 2 is 1.66 bits per heavy atom. The van der Waals surface area contributed by atoms with E-state index in [0.29, 0.717) is 30.9 Å². The van der Waals surface area contributed by atoms with Gasteiger partial charge >= 0.3 is 0 Å². The molecule has 3 aliphatic rings. The van der Waals surface area contributed by atoms with E-state index >= 15 is 0 Å². The van der Waals surface area contributed by atoms with Crippen molar-refractivity contribution >= 4 is 40.1 Å². The van der Waals surface area contributed by atoms with Crippen LogP contribution in [-0.2, 0) is 14.4 Å². The summed E-state index contributed by atoms with van der Waals surface area (Å²) in [6.45, 7) is 2.01. The molecule has 0 radical (unpaired) electrons. The predicted molar refractivity (Wildman–Crippen MR) is 127 cm³/mol. The molecule has 1 amide bonds. The number of nitrogens with two attached hydrogens (primary N) is 1. The van der Waals surface area contributed by atoms with Crippen LogP contribution in [0.4, 0.5) is 0 Å². The zero-order valence-corrected chi connectivity index (χ0v) is 20.5. The minimum atomic E-state index is -0.576. The monoisotopic (exact) mass is 550 g/mol. The molecule has 0 spiro atoms. The van der Waals surface area contributed by atoms with Crippen LogP contribution in [0, 0.1) is 3.57 Å². The van der Waals surface area contributed by atoms with Crippen LogP contribution in [-0.4, -0.2) is 42.6 Å². The lowest BCUT2D eigenvalue weighted by atomic mass is 9.71. The molecule has 32 heavy (non-hydrogen) atoms. The van der Waals surface area contributed by atoms with Gasteiger partial charge in [-0.05, 0) is 72.9 Å². The number of ketones is 2. The molecule has 1 aromatic rings. The first kappa shape index (κ1) is 22.8. The van der Waals surface area contributed by atoms with E-state index < -0.39 is 11.8 Å². The quantitative estimate of drug-likeness (QED) is 0.544. The molecule has 1 heterocycles. The molecule has 0 saturated carbocycles. The van der Waals surface area contributed by atoms with E-state index in [9.17, 15) is 14.4 Å². The largest absolute Gasteiger partial charge is 0.490 e. The number of rotatable bonds is 6. The number of hydrogen-bond acceptors (Lipinski definition) is 6. The number of carbonyl (C=O) groups is 3. The average Bonchev–Trinajstić information content (AvgIpc) is 2.74. The minimum absolute atomic E-state index is 0.107. The van der Waals surface area contributed by atoms with Crippen molar-refractivity contribution in [3.05, 3.63) is 43.8 Å². The molecule has 0 unspecified atom stereocenters. The molecular weight excluding hydrogens is 523 g/mol. The first-order valence-electron chi connectivity index (χ1n) is 11.0. The van der Waals surface area contributed by atoms with Crippen molar-refractivity contribution in [3.63, 3.8) is 0 Å². The number of Topliss-reactive ketones (excluding diaryl/α,β-unsaturated/α-hetero) is 2. The van der Waals surface area contributed by atoms with Crippen LogP contribution in [0.15, 0.2) is 34.7 Å². The van der Waals surface area contributed by atoms with Crippen LogP contribution in [0.1, 0.15) is 56.9 Å². The second kappa shape index (κ2) is 9.25. The van der Waals surface area contributed by atoms with Crippen LogP contribution in [0.5, 0.6) is 11.5 Å². The second-order valence-corrected chi connectivity index (χ2v) is 9.45. The Labute approximate surface area is 201 Å². The first-order chi connectivity index (χ1) is 15.3. The van der Waals surface area contributed by atoms with Gasteiger partial charge in [0.15, 0.2) is 29.7 Å². The Bertz CT molecular complexity index is 1010. The highest BCUT2D eigenvalue weighted by atomic mass is 127. The van der Waals surface area contributed by atoms with E-state index in [1.54, 1.807) is 0 Å². The zero-order valence-electron chi connectivity index (χ0n) is 18.3. The molecule has 0 saturated heterocycles. The van der Waals surface area contributed by atoms with E-state index in [2.05, 4.69) is 27.5 Å². The van der Waals surface area contributed by atoms with Gasteiger partial charge in [0.05, 0.1) is 10.2 Å². The summed E-state index contributed by atoms with van der Waals surface area (Å²) in [6.07, 6.45) is 4.30. The Hall–Kier alpha value is -2.36. The van der Waals surface area contributed by atoms with Crippen molar-refractivity contribution in [2.24, 2.45) is 5.73 Å². The standard InChI is InChI=1S/C24H27IN2O5/c1-3-31-19-11-13(10-14(25)24(19)32-12-20(26)30)21-22-15(6-4-8-17(22)28)27(2)16-7-5-9-18(29)23(16)21/h10-11,21H,3-9,12H2,1-2H3,(H2,26,30). The number of primary amides is 1. The highest BCUT2D eigenvalue weighted by Gasteiger charge is 2.42. The average molecular weight is 550 g/mol. The SMILES string of the molecule is CCOc1cc(C2C3=C(CCCC3=O)N(C)C3=C2C(=O)CCC3)cc(I)c1OCC(N)=O. The van der Waals surface area contributed by atoms with E-state index in [4.69, 9.17) is 15.2 Å². The van der Waals surface area contributed by atoms with Crippen molar-refractivity contribution in [2.45, 2.75) is 51.4 Å². The highest BCUT2D eigenvalue weighted by Crippen LogP contribution is 2.50. The number of halogens is 1. The number of hydrogen-bond donors (Lipinski definition) is 1. The van der Waals surface area contributed by atoms with E-state index in [-0.39, 0.29) is 18.2 Å². The molecular formula is C24H27IN2O5. The summed E-state index contributed by atoms with van der Waals surface area (Å²) in [5, 5.41) is 0. The lowest BCUT2D eigenvalue weighted by Gasteiger charge is -2.42. The summed E-state index contributed by atoms with van der Waals surface area (Å²) in [6, 6.07) is 3.77. The maximum atomic E-state index is 13.2. The van der Waals surface area contributed by atoms with Gasteiger partial charge in [-0.15, -0.1) is 0 Å². The Morgan fingerprint density at radius 3 is 2.19 bits per heavy atom. The topological polar surface area (TPSA) is 98.9 Å². The molecule has 0 aromatic heterocycles. The summed E-state index contributed by atoms with van der Waals surface area (Å²) in [7, 11) is 1.98.